The van der Waals surface area contributed by atoms with Gasteiger partial charge in [-0.2, -0.15) is 0 Å². The van der Waals surface area contributed by atoms with Crippen molar-refractivity contribution in [2.45, 2.75) is 31.7 Å². The number of anilines is 1. The van der Waals surface area contributed by atoms with E-state index in [9.17, 15) is 9.59 Å². The van der Waals surface area contributed by atoms with Crippen LogP contribution in [0.3, 0.4) is 0 Å². The van der Waals surface area contributed by atoms with E-state index in [2.05, 4.69) is 17.4 Å². The van der Waals surface area contributed by atoms with E-state index in [1.165, 1.54) is 5.56 Å². The predicted molar refractivity (Wildman–Crippen MR) is 97.2 cm³/mol. The monoisotopic (exact) mass is 334 g/mol. The summed E-state index contributed by atoms with van der Waals surface area (Å²) in [6.45, 7) is 0.790. The normalized spacial score (nSPS) is 19.7. The van der Waals surface area contributed by atoms with Crippen LogP contribution in [-0.4, -0.2) is 23.3 Å². The highest BCUT2D eigenvalue weighted by Crippen LogP contribution is 2.33. The molecule has 1 N–H and O–H groups in total. The van der Waals surface area contributed by atoms with Crippen LogP contribution in [0.5, 0.6) is 0 Å². The van der Waals surface area contributed by atoms with E-state index < -0.39 is 0 Å². The summed E-state index contributed by atoms with van der Waals surface area (Å²) < 4.78 is 0. The molecule has 1 saturated carbocycles. The van der Waals surface area contributed by atoms with Gasteiger partial charge in [-0.1, -0.05) is 30.3 Å². The van der Waals surface area contributed by atoms with Crippen molar-refractivity contribution in [1.82, 2.24) is 4.90 Å². The lowest BCUT2D eigenvalue weighted by Gasteiger charge is -2.25. The number of nitrogens with zero attached hydrogens (tertiary/aromatic N) is 1. The van der Waals surface area contributed by atoms with Crippen LogP contribution in [0.1, 0.15) is 47.6 Å². The number of likely N-dealkylation sites (tertiary alicyclic amines) is 1. The first kappa shape index (κ1) is 15.9. The summed E-state index contributed by atoms with van der Waals surface area (Å²) in [6, 6.07) is 17.6. The molecule has 25 heavy (non-hydrogen) atoms. The van der Waals surface area contributed by atoms with Crippen molar-refractivity contribution in [3.05, 3.63) is 65.7 Å². The lowest BCUT2D eigenvalue weighted by molar-refractivity contribution is -0.117. The van der Waals surface area contributed by atoms with Crippen molar-refractivity contribution in [2.24, 2.45) is 5.92 Å². The highest BCUT2D eigenvalue weighted by Gasteiger charge is 2.31. The number of hydrogen-bond donors (Lipinski definition) is 1. The molecule has 0 spiro atoms. The maximum absolute atomic E-state index is 12.9. The van der Waals surface area contributed by atoms with E-state index in [-0.39, 0.29) is 23.8 Å². The molecule has 2 amide bonds. The fourth-order valence-electron chi connectivity index (χ4n) is 3.48. The summed E-state index contributed by atoms with van der Waals surface area (Å²) in [6.07, 6.45) is 4.00. The molecule has 0 aromatic heterocycles. The van der Waals surface area contributed by atoms with Crippen LogP contribution in [0, 0.1) is 5.92 Å². The first-order chi connectivity index (χ1) is 12.2. The van der Waals surface area contributed by atoms with Crippen molar-refractivity contribution in [1.29, 1.82) is 0 Å². The van der Waals surface area contributed by atoms with E-state index >= 15 is 0 Å². The standard InChI is InChI=1S/C21H22N2O2/c24-20(16-8-9-16)22-18-12-10-17(11-13-18)21(25)23-14-4-7-19(23)15-5-2-1-3-6-15/h1-3,5-6,10-13,16,19H,4,7-9,14H2,(H,22,24). The third-order valence-electron chi connectivity index (χ3n) is 5.05. The van der Waals surface area contributed by atoms with Crippen LogP contribution in [-0.2, 0) is 4.79 Å². The zero-order chi connectivity index (χ0) is 17.2. The van der Waals surface area contributed by atoms with Crippen molar-refractivity contribution in [2.75, 3.05) is 11.9 Å². The fourth-order valence-corrected chi connectivity index (χ4v) is 3.48. The summed E-state index contributed by atoms with van der Waals surface area (Å²) in [7, 11) is 0. The van der Waals surface area contributed by atoms with Crippen LogP contribution in [0.25, 0.3) is 0 Å². The maximum Gasteiger partial charge on any atom is 0.254 e. The molecule has 1 aliphatic heterocycles. The number of benzene rings is 2. The zero-order valence-electron chi connectivity index (χ0n) is 14.2. The van der Waals surface area contributed by atoms with Gasteiger partial charge < -0.3 is 10.2 Å². The highest BCUT2D eigenvalue weighted by molar-refractivity contribution is 5.97. The van der Waals surface area contributed by atoms with Crippen molar-refractivity contribution in [3.8, 4) is 0 Å². The fraction of sp³-hybridized carbons (Fsp3) is 0.333. The second-order valence-electron chi connectivity index (χ2n) is 6.91. The van der Waals surface area contributed by atoms with E-state index in [0.29, 0.717) is 5.56 Å². The number of nitrogens with one attached hydrogen (secondary N) is 1. The van der Waals surface area contributed by atoms with Crippen molar-refractivity contribution in [3.63, 3.8) is 0 Å². The molecular formula is C21H22N2O2. The molecule has 0 radical (unpaired) electrons. The van der Waals surface area contributed by atoms with Crippen molar-refractivity contribution >= 4 is 17.5 Å². The van der Waals surface area contributed by atoms with E-state index in [1.807, 2.05) is 47.4 Å². The maximum atomic E-state index is 12.9. The quantitative estimate of drug-likeness (QED) is 0.918. The molecule has 128 valence electrons. The van der Waals surface area contributed by atoms with Gasteiger partial charge in [-0.3, -0.25) is 9.59 Å². The van der Waals surface area contributed by atoms with E-state index in [1.54, 1.807) is 0 Å². The third-order valence-corrected chi connectivity index (χ3v) is 5.05. The van der Waals surface area contributed by atoms with Gasteiger partial charge in [0, 0.05) is 23.7 Å². The summed E-state index contributed by atoms with van der Waals surface area (Å²) in [5.74, 6) is 0.326. The predicted octanol–water partition coefficient (Wildman–Crippen LogP) is 4.01. The topological polar surface area (TPSA) is 49.4 Å². The number of carbonyl (C=O) groups is 2. The average Bonchev–Trinajstić information content (AvgIpc) is 3.39. The lowest BCUT2D eigenvalue weighted by atomic mass is 10.0. The van der Waals surface area contributed by atoms with E-state index in [4.69, 9.17) is 0 Å². The lowest BCUT2D eigenvalue weighted by Crippen LogP contribution is -2.30. The first-order valence-corrected chi connectivity index (χ1v) is 8.99. The molecule has 1 atom stereocenters. The Morgan fingerprint density at radius 1 is 0.920 bits per heavy atom. The number of rotatable bonds is 4. The van der Waals surface area contributed by atoms with Gasteiger partial charge in [0.1, 0.15) is 0 Å². The molecule has 4 rings (SSSR count). The van der Waals surface area contributed by atoms with Crippen LogP contribution in [0.15, 0.2) is 54.6 Å². The average molecular weight is 334 g/mol. The summed E-state index contributed by atoms with van der Waals surface area (Å²) in [4.78, 5) is 26.7. The number of amides is 2. The minimum Gasteiger partial charge on any atom is -0.332 e. The minimum absolute atomic E-state index is 0.0615. The third kappa shape index (κ3) is 3.43. The van der Waals surface area contributed by atoms with Gasteiger partial charge in [-0.05, 0) is 55.5 Å². The smallest absolute Gasteiger partial charge is 0.254 e. The van der Waals surface area contributed by atoms with Crippen LogP contribution < -0.4 is 5.32 Å². The van der Waals surface area contributed by atoms with Crippen LogP contribution >= 0.6 is 0 Å². The highest BCUT2D eigenvalue weighted by atomic mass is 16.2. The number of hydrogen-bond acceptors (Lipinski definition) is 2. The Morgan fingerprint density at radius 3 is 2.32 bits per heavy atom. The molecule has 2 aromatic carbocycles. The Hall–Kier alpha value is -2.62. The first-order valence-electron chi connectivity index (χ1n) is 8.99. The molecule has 2 fully saturated rings. The molecule has 4 heteroatoms. The second kappa shape index (κ2) is 6.71. The summed E-state index contributed by atoms with van der Waals surface area (Å²) in [5.41, 5.74) is 2.63. The van der Waals surface area contributed by atoms with E-state index in [0.717, 1.165) is 37.9 Å². The zero-order valence-corrected chi connectivity index (χ0v) is 14.2. The minimum atomic E-state index is 0.0615. The van der Waals surface area contributed by atoms with Gasteiger partial charge in [0.15, 0.2) is 0 Å². The molecule has 2 aromatic rings. The van der Waals surface area contributed by atoms with Crippen molar-refractivity contribution < 1.29 is 9.59 Å². The van der Waals surface area contributed by atoms with Crippen LogP contribution in [0.2, 0.25) is 0 Å². The Balaban J connectivity index is 1.47. The molecule has 1 heterocycles. The van der Waals surface area contributed by atoms with Crippen LogP contribution in [0.4, 0.5) is 5.69 Å². The molecule has 2 aliphatic rings. The van der Waals surface area contributed by atoms with Gasteiger partial charge in [0.05, 0.1) is 6.04 Å². The molecule has 1 unspecified atom stereocenters. The Kier molecular flexibility index (Phi) is 4.26. The Labute approximate surface area is 147 Å². The molecule has 1 saturated heterocycles. The van der Waals surface area contributed by atoms with Gasteiger partial charge in [-0.15, -0.1) is 0 Å². The summed E-state index contributed by atoms with van der Waals surface area (Å²) in [5, 5.41) is 2.91. The van der Waals surface area contributed by atoms with Gasteiger partial charge in [0.25, 0.3) is 5.91 Å². The number of carbonyl (C=O) groups excluding carboxylic acids is 2. The molecule has 0 bridgehead atoms. The Morgan fingerprint density at radius 2 is 1.64 bits per heavy atom. The SMILES string of the molecule is O=C(Nc1ccc(C(=O)N2CCCC2c2ccccc2)cc1)C1CC1. The van der Waals surface area contributed by atoms with Gasteiger partial charge in [0.2, 0.25) is 5.91 Å². The second-order valence-corrected chi connectivity index (χ2v) is 6.91. The largest absolute Gasteiger partial charge is 0.332 e. The molecule has 4 nitrogen and oxygen atoms in total. The molecule has 1 aliphatic carbocycles. The van der Waals surface area contributed by atoms with Gasteiger partial charge >= 0.3 is 0 Å². The summed E-state index contributed by atoms with van der Waals surface area (Å²) >= 11 is 0. The molecular weight excluding hydrogens is 312 g/mol. The Bertz CT molecular complexity index is 766. The van der Waals surface area contributed by atoms with Gasteiger partial charge in [-0.25, -0.2) is 0 Å².